The number of anilines is 1. The summed E-state index contributed by atoms with van der Waals surface area (Å²) >= 11 is 3.06. The summed E-state index contributed by atoms with van der Waals surface area (Å²) in [5.41, 5.74) is 0.599. The SMILES string of the molecule is Cl.O=C(Nc1ccc(F)c(Br)c1)[C@H]1CCN1. The van der Waals surface area contributed by atoms with Gasteiger partial charge in [0.05, 0.1) is 10.5 Å². The van der Waals surface area contributed by atoms with Crippen LogP contribution in [0.5, 0.6) is 0 Å². The van der Waals surface area contributed by atoms with Gasteiger partial charge >= 0.3 is 0 Å². The normalized spacial score (nSPS) is 18.2. The van der Waals surface area contributed by atoms with E-state index in [4.69, 9.17) is 0 Å². The van der Waals surface area contributed by atoms with Crippen LogP contribution < -0.4 is 10.6 Å². The van der Waals surface area contributed by atoms with E-state index in [1.165, 1.54) is 12.1 Å². The van der Waals surface area contributed by atoms with Crippen LogP contribution in [-0.4, -0.2) is 18.5 Å². The number of hydrogen-bond donors (Lipinski definition) is 2. The van der Waals surface area contributed by atoms with Crippen molar-refractivity contribution in [3.63, 3.8) is 0 Å². The molecular weight excluding hydrogens is 298 g/mol. The summed E-state index contributed by atoms with van der Waals surface area (Å²) in [6, 6.07) is 4.30. The van der Waals surface area contributed by atoms with Crippen molar-refractivity contribution in [1.29, 1.82) is 0 Å². The van der Waals surface area contributed by atoms with Gasteiger partial charge in [0, 0.05) is 5.69 Å². The molecule has 0 saturated carbocycles. The average Bonchev–Trinajstić information content (AvgIpc) is 2.08. The van der Waals surface area contributed by atoms with Gasteiger partial charge in [-0.25, -0.2) is 4.39 Å². The Kier molecular flexibility index (Phi) is 4.70. The molecule has 16 heavy (non-hydrogen) atoms. The molecule has 88 valence electrons. The lowest BCUT2D eigenvalue weighted by Crippen LogP contribution is -2.50. The third-order valence-electron chi connectivity index (χ3n) is 2.33. The van der Waals surface area contributed by atoms with Gasteiger partial charge in [-0.15, -0.1) is 12.4 Å². The van der Waals surface area contributed by atoms with Gasteiger partial charge in [0.1, 0.15) is 5.82 Å². The Morgan fingerprint density at radius 3 is 2.75 bits per heavy atom. The van der Waals surface area contributed by atoms with Gasteiger partial charge in [-0.1, -0.05) is 0 Å². The van der Waals surface area contributed by atoms with E-state index in [2.05, 4.69) is 26.6 Å². The molecule has 1 aromatic carbocycles. The molecule has 0 bridgehead atoms. The van der Waals surface area contributed by atoms with Crippen LogP contribution in [0.15, 0.2) is 22.7 Å². The summed E-state index contributed by atoms with van der Waals surface area (Å²) in [5.74, 6) is -0.408. The van der Waals surface area contributed by atoms with Crippen LogP contribution in [0.3, 0.4) is 0 Å². The molecule has 3 nitrogen and oxygen atoms in total. The van der Waals surface area contributed by atoms with Crippen LogP contribution in [0.2, 0.25) is 0 Å². The topological polar surface area (TPSA) is 41.1 Å². The lowest BCUT2D eigenvalue weighted by Gasteiger charge is -2.26. The summed E-state index contributed by atoms with van der Waals surface area (Å²) in [6.45, 7) is 0.880. The Bertz CT molecular complexity index is 398. The number of carbonyl (C=O) groups excluding carboxylic acids is 1. The Labute approximate surface area is 107 Å². The van der Waals surface area contributed by atoms with E-state index in [0.717, 1.165) is 13.0 Å². The number of nitrogens with one attached hydrogen (secondary N) is 2. The molecule has 1 amide bonds. The Hall–Kier alpha value is -0.650. The zero-order chi connectivity index (χ0) is 10.8. The first-order chi connectivity index (χ1) is 7.16. The van der Waals surface area contributed by atoms with E-state index < -0.39 is 0 Å². The van der Waals surface area contributed by atoms with Crippen molar-refractivity contribution in [3.05, 3.63) is 28.5 Å². The Balaban J connectivity index is 0.00000128. The third kappa shape index (κ3) is 2.93. The molecule has 0 aliphatic carbocycles. The molecule has 1 fully saturated rings. The summed E-state index contributed by atoms with van der Waals surface area (Å²) in [4.78, 5) is 11.5. The Morgan fingerprint density at radius 2 is 2.25 bits per heavy atom. The molecule has 1 saturated heterocycles. The molecule has 0 unspecified atom stereocenters. The molecule has 1 aromatic rings. The van der Waals surface area contributed by atoms with Gasteiger partial charge in [-0.3, -0.25) is 4.79 Å². The predicted octanol–water partition coefficient (Wildman–Crippen LogP) is 2.31. The van der Waals surface area contributed by atoms with Crippen LogP contribution in [0.25, 0.3) is 0 Å². The van der Waals surface area contributed by atoms with Gasteiger partial charge in [-0.05, 0) is 47.1 Å². The molecular formula is C10H11BrClFN2O. The van der Waals surface area contributed by atoms with E-state index in [-0.39, 0.29) is 30.2 Å². The van der Waals surface area contributed by atoms with Gasteiger partial charge in [0.25, 0.3) is 0 Å². The summed E-state index contributed by atoms with van der Waals surface area (Å²) in [5, 5.41) is 5.71. The van der Waals surface area contributed by atoms with Crippen molar-refractivity contribution in [2.24, 2.45) is 0 Å². The highest BCUT2D eigenvalue weighted by Crippen LogP contribution is 2.20. The van der Waals surface area contributed by atoms with Crippen molar-refractivity contribution in [1.82, 2.24) is 5.32 Å². The highest BCUT2D eigenvalue weighted by Gasteiger charge is 2.24. The largest absolute Gasteiger partial charge is 0.325 e. The average molecular weight is 310 g/mol. The minimum atomic E-state index is -0.338. The standard InChI is InChI=1S/C10H10BrFN2O.ClH/c11-7-5-6(1-2-8(7)12)14-10(15)9-3-4-13-9;/h1-2,5,9,13H,3-4H2,(H,14,15);1H/t9-;/m1./s1. The number of amides is 1. The fourth-order valence-electron chi connectivity index (χ4n) is 1.32. The second-order valence-electron chi connectivity index (χ2n) is 3.41. The molecule has 1 heterocycles. The first kappa shape index (κ1) is 13.4. The minimum absolute atomic E-state index is 0. The second-order valence-corrected chi connectivity index (χ2v) is 4.27. The van der Waals surface area contributed by atoms with E-state index in [1.54, 1.807) is 6.07 Å². The maximum Gasteiger partial charge on any atom is 0.241 e. The molecule has 1 atom stereocenters. The monoisotopic (exact) mass is 308 g/mol. The maximum absolute atomic E-state index is 12.9. The quantitative estimate of drug-likeness (QED) is 0.880. The summed E-state index contributed by atoms with van der Waals surface area (Å²) < 4.78 is 13.2. The fourth-order valence-corrected chi connectivity index (χ4v) is 1.69. The van der Waals surface area contributed by atoms with Crippen molar-refractivity contribution < 1.29 is 9.18 Å². The lowest BCUT2D eigenvalue weighted by molar-refractivity contribution is -0.119. The van der Waals surface area contributed by atoms with E-state index in [0.29, 0.717) is 10.2 Å². The van der Waals surface area contributed by atoms with Crippen molar-refractivity contribution in [2.45, 2.75) is 12.5 Å². The number of rotatable bonds is 2. The zero-order valence-corrected chi connectivity index (χ0v) is 10.7. The molecule has 2 rings (SSSR count). The second kappa shape index (κ2) is 5.61. The van der Waals surface area contributed by atoms with Gasteiger partial charge in [0.15, 0.2) is 0 Å². The number of carbonyl (C=O) groups is 1. The molecule has 0 radical (unpaired) electrons. The van der Waals surface area contributed by atoms with Crippen LogP contribution >= 0.6 is 28.3 Å². The van der Waals surface area contributed by atoms with Crippen LogP contribution in [-0.2, 0) is 4.79 Å². The van der Waals surface area contributed by atoms with Crippen LogP contribution in [0.4, 0.5) is 10.1 Å². The Morgan fingerprint density at radius 1 is 1.56 bits per heavy atom. The summed E-state index contributed by atoms with van der Waals surface area (Å²) in [7, 11) is 0. The van der Waals surface area contributed by atoms with E-state index >= 15 is 0 Å². The third-order valence-corrected chi connectivity index (χ3v) is 2.94. The highest BCUT2D eigenvalue weighted by molar-refractivity contribution is 9.10. The first-order valence-electron chi connectivity index (χ1n) is 4.66. The van der Waals surface area contributed by atoms with Crippen molar-refractivity contribution in [2.75, 3.05) is 11.9 Å². The molecule has 1 aliphatic heterocycles. The molecule has 0 spiro atoms. The highest BCUT2D eigenvalue weighted by atomic mass is 79.9. The van der Waals surface area contributed by atoms with Crippen molar-refractivity contribution >= 4 is 39.9 Å². The molecule has 1 aliphatic rings. The molecule has 2 N–H and O–H groups in total. The smallest absolute Gasteiger partial charge is 0.241 e. The van der Waals surface area contributed by atoms with E-state index in [9.17, 15) is 9.18 Å². The van der Waals surface area contributed by atoms with Crippen LogP contribution in [0.1, 0.15) is 6.42 Å². The summed E-state index contributed by atoms with van der Waals surface area (Å²) in [6.07, 6.45) is 0.855. The van der Waals surface area contributed by atoms with Gasteiger partial charge in [-0.2, -0.15) is 0 Å². The predicted molar refractivity (Wildman–Crippen MR) is 66.4 cm³/mol. The van der Waals surface area contributed by atoms with Gasteiger partial charge < -0.3 is 10.6 Å². The van der Waals surface area contributed by atoms with Gasteiger partial charge in [0.2, 0.25) is 5.91 Å². The number of benzene rings is 1. The minimum Gasteiger partial charge on any atom is -0.325 e. The van der Waals surface area contributed by atoms with Crippen LogP contribution in [0, 0.1) is 5.82 Å². The number of halogens is 3. The lowest BCUT2D eigenvalue weighted by atomic mass is 10.1. The number of hydrogen-bond acceptors (Lipinski definition) is 2. The maximum atomic E-state index is 12.9. The fraction of sp³-hybridized carbons (Fsp3) is 0.300. The zero-order valence-electron chi connectivity index (χ0n) is 8.30. The molecule has 0 aromatic heterocycles. The van der Waals surface area contributed by atoms with E-state index in [1.807, 2.05) is 0 Å². The molecule has 6 heteroatoms. The first-order valence-corrected chi connectivity index (χ1v) is 5.45. The van der Waals surface area contributed by atoms with Crippen molar-refractivity contribution in [3.8, 4) is 0 Å².